The highest BCUT2D eigenvalue weighted by Crippen LogP contribution is 2.14. The van der Waals surface area contributed by atoms with Crippen molar-refractivity contribution in [3.63, 3.8) is 0 Å². The summed E-state index contributed by atoms with van der Waals surface area (Å²) in [6, 6.07) is 6.41. The van der Waals surface area contributed by atoms with Crippen LogP contribution in [0.25, 0.3) is 5.82 Å². The molecule has 4 heterocycles. The van der Waals surface area contributed by atoms with Crippen LogP contribution >= 0.6 is 0 Å². The molecule has 11 heteroatoms. The van der Waals surface area contributed by atoms with Crippen LogP contribution in [0.15, 0.2) is 41.7 Å². The maximum absolute atomic E-state index is 12.4. The van der Waals surface area contributed by atoms with Gasteiger partial charge in [0, 0.05) is 32.2 Å². The van der Waals surface area contributed by atoms with Crippen molar-refractivity contribution in [2.75, 3.05) is 31.1 Å². The molecular formula is C15H15N9O2. The maximum Gasteiger partial charge on any atom is 0.274 e. The van der Waals surface area contributed by atoms with E-state index in [9.17, 15) is 9.59 Å². The standard InChI is InChI=1S/C15H15N9O2/c25-14-4-1-11(18-21-14)15(26)23-7-5-22(6-8-23)12-2-3-13(20-19-12)24-10-16-9-17-24/h1-4,9-10H,5-8H2,(H,21,25). The molecule has 1 aliphatic rings. The summed E-state index contributed by atoms with van der Waals surface area (Å²) in [5.74, 6) is 1.13. The summed E-state index contributed by atoms with van der Waals surface area (Å²) in [6.07, 6.45) is 2.99. The Labute approximate surface area is 147 Å². The van der Waals surface area contributed by atoms with Gasteiger partial charge >= 0.3 is 0 Å². The number of nitrogens with one attached hydrogen (secondary N) is 1. The molecule has 0 aliphatic carbocycles. The Balaban J connectivity index is 1.39. The van der Waals surface area contributed by atoms with E-state index < -0.39 is 0 Å². The molecule has 4 rings (SSSR count). The van der Waals surface area contributed by atoms with E-state index in [1.807, 2.05) is 12.1 Å². The summed E-state index contributed by atoms with van der Waals surface area (Å²) >= 11 is 0. The smallest absolute Gasteiger partial charge is 0.274 e. The van der Waals surface area contributed by atoms with Crippen molar-refractivity contribution in [3.8, 4) is 5.82 Å². The van der Waals surface area contributed by atoms with Crippen molar-refractivity contribution in [3.05, 3.63) is 53.0 Å². The molecule has 1 saturated heterocycles. The SMILES string of the molecule is O=C(c1ccc(=O)[nH]n1)N1CCN(c2ccc(-n3cncn3)nn2)CC1. The van der Waals surface area contributed by atoms with Gasteiger partial charge in [-0.3, -0.25) is 9.59 Å². The number of nitrogens with zero attached hydrogens (tertiary/aromatic N) is 8. The fourth-order valence-corrected chi connectivity index (χ4v) is 2.70. The van der Waals surface area contributed by atoms with Crippen molar-refractivity contribution >= 4 is 11.7 Å². The third-order valence-corrected chi connectivity index (χ3v) is 4.08. The number of carbonyl (C=O) groups excluding carboxylic acids is 1. The van der Waals surface area contributed by atoms with Gasteiger partial charge in [-0.05, 0) is 18.2 Å². The molecular weight excluding hydrogens is 338 g/mol. The lowest BCUT2D eigenvalue weighted by atomic mass is 10.2. The third-order valence-electron chi connectivity index (χ3n) is 4.08. The monoisotopic (exact) mass is 353 g/mol. The largest absolute Gasteiger partial charge is 0.352 e. The van der Waals surface area contributed by atoms with E-state index in [1.165, 1.54) is 23.1 Å². The van der Waals surface area contributed by atoms with E-state index in [0.29, 0.717) is 32.0 Å². The molecule has 0 saturated carbocycles. The van der Waals surface area contributed by atoms with Gasteiger partial charge in [0.15, 0.2) is 11.6 Å². The van der Waals surface area contributed by atoms with Crippen molar-refractivity contribution in [1.29, 1.82) is 0 Å². The van der Waals surface area contributed by atoms with E-state index in [-0.39, 0.29) is 17.2 Å². The second-order valence-corrected chi connectivity index (χ2v) is 5.68. The summed E-state index contributed by atoms with van der Waals surface area (Å²) in [4.78, 5) is 31.1. The number of H-pyrrole nitrogens is 1. The van der Waals surface area contributed by atoms with E-state index in [2.05, 4.69) is 35.4 Å². The van der Waals surface area contributed by atoms with E-state index >= 15 is 0 Å². The van der Waals surface area contributed by atoms with Gasteiger partial charge in [0.2, 0.25) is 0 Å². The van der Waals surface area contributed by atoms with Crippen LogP contribution in [0.2, 0.25) is 0 Å². The van der Waals surface area contributed by atoms with E-state index in [0.717, 1.165) is 5.82 Å². The number of piperazine rings is 1. The predicted molar refractivity (Wildman–Crippen MR) is 89.9 cm³/mol. The van der Waals surface area contributed by atoms with Gasteiger partial charge in [-0.1, -0.05) is 0 Å². The number of rotatable bonds is 3. The highest BCUT2D eigenvalue weighted by molar-refractivity contribution is 5.92. The average Bonchev–Trinajstić information content (AvgIpc) is 3.23. The Bertz CT molecular complexity index is 924. The molecule has 0 spiro atoms. The second-order valence-electron chi connectivity index (χ2n) is 5.68. The molecule has 0 atom stereocenters. The number of hydrogen-bond donors (Lipinski definition) is 1. The molecule has 1 amide bonds. The van der Waals surface area contributed by atoms with Crippen molar-refractivity contribution in [2.45, 2.75) is 0 Å². The number of amides is 1. The highest BCUT2D eigenvalue weighted by Gasteiger charge is 2.24. The number of aromatic nitrogens is 7. The number of hydrogen-bond acceptors (Lipinski definition) is 8. The van der Waals surface area contributed by atoms with Gasteiger partial charge in [-0.25, -0.2) is 14.8 Å². The fourth-order valence-electron chi connectivity index (χ4n) is 2.70. The molecule has 3 aromatic rings. The Hall–Kier alpha value is -3.63. The van der Waals surface area contributed by atoms with Crippen LogP contribution in [0.3, 0.4) is 0 Å². The van der Waals surface area contributed by atoms with Crippen molar-refractivity contribution in [2.24, 2.45) is 0 Å². The fraction of sp³-hybridized carbons (Fsp3) is 0.267. The second kappa shape index (κ2) is 6.70. The normalized spacial score (nSPS) is 14.5. The zero-order valence-corrected chi connectivity index (χ0v) is 13.7. The average molecular weight is 353 g/mol. The molecule has 1 aliphatic heterocycles. The number of anilines is 1. The topological polar surface area (TPSA) is 126 Å². The van der Waals surface area contributed by atoms with Crippen LogP contribution in [-0.4, -0.2) is 72.1 Å². The molecule has 132 valence electrons. The van der Waals surface area contributed by atoms with Gasteiger partial charge in [-0.15, -0.1) is 10.2 Å². The van der Waals surface area contributed by atoms with Crippen LogP contribution in [-0.2, 0) is 0 Å². The molecule has 1 N–H and O–H groups in total. The quantitative estimate of drug-likeness (QED) is 0.642. The lowest BCUT2D eigenvalue weighted by Gasteiger charge is -2.34. The molecule has 0 bridgehead atoms. The lowest BCUT2D eigenvalue weighted by Crippen LogP contribution is -2.49. The van der Waals surface area contributed by atoms with Gasteiger partial charge in [-0.2, -0.15) is 10.2 Å². The molecule has 26 heavy (non-hydrogen) atoms. The molecule has 1 fully saturated rings. The van der Waals surface area contributed by atoms with Gasteiger partial charge < -0.3 is 9.80 Å². The molecule has 11 nitrogen and oxygen atoms in total. The minimum absolute atomic E-state index is 0.200. The first kappa shape index (κ1) is 15.9. The van der Waals surface area contributed by atoms with Crippen LogP contribution in [0.5, 0.6) is 0 Å². The summed E-state index contributed by atoms with van der Waals surface area (Å²) in [6.45, 7) is 2.33. The van der Waals surface area contributed by atoms with Crippen LogP contribution < -0.4 is 10.5 Å². The third kappa shape index (κ3) is 3.14. The molecule has 0 unspecified atom stereocenters. The first-order valence-corrected chi connectivity index (χ1v) is 7.99. The van der Waals surface area contributed by atoms with E-state index in [1.54, 1.807) is 11.2 Å². The zero-order valence-electron chi connectivity index (χ0n) is 13.7. The number of carbonyl (C=O) groups is 1. The minimum Gasteiger partial charge on any atom is -0.352 e. The van der Waals surface area contributed by atoms with Crippen molar-refractivity contribution in [1.82, 2.24) is 40.1 Å². The summed E-state index contributed by atoms with van der Waals surface area (Å²) in [7, 11) is 0. The Morgan fingerprint density at radius 3 is 2.38 bits per heavy atom. The molecule has 0 radical (unpaired) electrons. The summed E-state index contributed by atoms with van der Waals surface area (Å²) < 4.78 is 1.53. The van der Waals surface area contributed by atoms with Gasteiger partial charge in [0.1, 0.15) is 18.3 Å². The lowest BCUT2D eigenvalue weighted by molar-refractivity contribution is 0.0739. The molecule has 3 aromatic heterocycles. The predicted octanol–water partition coefficient (Wildman–Crippen LogP) is -0.897. The number of aromatic amines is 1. The highest BCUT2D eigenvalue weighted by atomic mass is 16.2. The first-order chi connectivity index (χ1) is 12.7. The minimum atomic E-state index is -0.334. The summed E-state index contributed by atoms with van der Waals surface area (Å²) in [5, 5.41) is 18.5. The van der Waals surface area contributed by atoms with E-state index in [4.69, 9.17) is 0 Å². The first-order valence-electron chi connectivity index (χ1n) is 7.99. The van der Waals surface area contributed by atoms with Crippen molar-refractivity contribution < 1.29 is 4.79 Å². The maximum atomic E-state index is 12.4. The Morgan fingerprint density at radius 2 is 1.77 bits per heavy atom. The summed E-state index contributed by atoms with van der Waals surface area (Å²) in [5.41, 5.74) is -0.102. The van der Waals surface area contributed by atoms with Crippen LogP contribution in [0.4, 0.5) is 5.82 Å². The van der Waals surface area contributed by atoms with Crippen LogP contribution in [0, 0.1) is 0 Å². The zero-order chi connectivity index (χ0) is 17.9. The van der Waals surface area contributed by atoms with Gasteiger partial charge in [0.25, 0.3) is 11.5 Å². The van der Waals surface area contributed by atoms with Crippen LogP contribution in [0.1, 0.15) is 10.5 Å². The Morgan fingerprint density at radius 1 is 1.00 bits per heavy atom. The molecule has 0 aromatic carbocycles. The van der Waals surface area contributed by atoms with Gasteiger partial charge in [0.05, 0.1) is 0 Å². The Kier molecular flexibility index (Phi) is 4.09.